The van der Waals surface area contributed by atoms with Crippen molar-refractivity contribution in [2.45, 2.75) is 24.2 Å². The number of benzene rings is 4. The molecule has 2 heterocycles. The van der Waals surface area contributed by atoms with Gasteiger partial charge in [-0.3, -0.25) is 34.2 Å². The van der Waals surface area contributed by atoms with Gasteiger partial charge >= 0.3 is 0 Å². The number of phenols is 1. The maximum Gasteiger partial charge on any atom is 0.269 e. The molecule has 6 atom stereocenters. The number of aromatic hydroxyl groups is 1. The van der Waals surface area contributed by atoms with Crippen molar-refractivity contribution in [2.75, 3.05) is 24.0 Å². The third kappa shape index (κ3) is 4.88. The summed E-state index contributed by atoms with van der Waals surface area (Å²) in [6, 6.07) is 23.5. The fourth-order valence-corrected chi connectivity index (χ4v) is 9.43. The molecule has 2 aliphatic heterocycles. The maximum absolute atomic E-state index is 15.5. The summed E-state index contributed by atoms with van der Waals surface area (Å²) in [5.41, 5.74) is 0.311. The van der Waals surface area contributed by atoms with E-state index in [0.717, 1.165) is 9.80 Å². The van der Waals surface area contributed by atoms with E-state index in [4.69, 9.17) is 21.1 Å². The fourth-order valence-electron chi connectivity index (χ4n) is 9.25. The molecule has 4 amide bonds. The summed E-state index contributed by atoms with van der Waals surface area (Å²) < 4.78 is 11.7. The van der Waals surface area contributed by atoms with E-state index in [1.54, 1.807) is 48.5 Å². The normalized spacial score (nSPS) is 26.2. The summed E-state index contributed by atoms with van der Waals surface area (Å²) in [5, 5.41) is 22.4. The number of ether oxygens (including phenoxy) is 2. The number of nitro benzene ring substituents is 1. The molecule has 0 spiro atoms. The van der Waals surface area contributed by atoms with Gasteiger partial charge in [-0.25, -0.2) is 4.90 Å². The highest BCUT2D eigenvalue weighted by atomic mass is 35.5. The molecule has 2 aliphatic carbocycles. The lowest BCUT2D eigenvalue weighted by molar-refractivity contribution is -0.384. The number of carbonyl (C=O) groups is 4. The van der Waals surface area contributed by atoms with Crippen molar-refractivity contribution < 1.29 is 38.7 Å². The number of amides is 4. The topological polar surface area (TPSA) is 157 Å². The first-order chi connectivity index (χ1) is 25.5. The molecule has 0 unspecified atom stereocenters. The number of carbonyl (C=O) groups excluding carboxylic acids is 4. The maximum atomic E-state index is 15.5. The Morgan fingerprint density at radius 2 is 1.49 bits per heavy atom. The third-order valence-electron chi connectivity index (χ3n) is 11.3. The summed E-state index contributed by atoms with van der Waals surface area (Å²) in [6.45, 7) is 0. The standard InChI is InChI=1S/C40H32ClN3O9/c1-52-31-18-26(45)19-32(53-2)34(31)35-27-15-16-28-33(38(48)42(36(28)46)23-11-13-24(14-12-23)44(50)51)29(27)20-30-37(47)43(25-10-6-9-22(41)17-25)39(49)40(30,35)21-7-4-3-5-8-21/h3-15,17-19,28-30,33,35,45H,16,20H2,1-2H3/t28-,29+,30-,33-,35+,40+/m0/s1. The van der Waals surface area contributed by atoms with Gasteiger partial charge in [0.15, 0.2) is 0 Å². The van der Waals surface area contributed by atoms with Crippen LogP contribution in [0.5, 0.6) is 17.2 Å². The largest absolute Gasteiger partial charge is 0.508 e. The molecule has 3 fully saturated rings. The van der Waals surface area contributed by atoms with Gasteiger partial charge in [-0.2, -0.15) is 0 Å². The molecule has 0 radical (unpaired) electrons. The number of non-ortho nitro benzene ring substituents is 1. The van der Waals surface area contributed by atoms with Crippen LogP contribution >= 0.6 is 11.6 Å². The van der Waals surface area contributed by atoms with Crippen molar-refractivity contribution in [1.82, 2.24) is 0 Å². The molecule has 268 valence electrons. The predicted octanol–water partition coefficient (Wildman–Crippen LogP) is 6.34. The van der Waals surface area contributed by atoms with Crippen LogP contribution in [0.15, 0.2) is 103 Å². The molecule has 1 saturated carbocycles. The molecule has 4 aliphatic rings. The summed E-state index contributed by atoms with van der Waals surface area (Å²) in [5.74, 6) is -6.10. The van der Waals surface area contributed by atoms with Gasteiger partial charge in [0.1, 0.15) is 17.2 Å². The van der Waals surface area contributed by atoms with E-state index in [9.17, 15) is 29.6 Å². The second-order valence-electron chi connectivity index (χ2n) is 13.6. The van der Waals surface area contributed by atoms with Crippen LogP contribution in [0, 0.1) is 33.8 Å². The Bertz CT molecular complexity index is 2230. The van der Waals surface area contributed by atoms with Crippen LogP contribution in [0.2, 0.25) is 5.02 Å². The number of phenolic OH excluding ortho intramolecular Hbond substituents is 1. The molecule has 2 saturated heterocycles. The average molecular weight is 734 g/mol. The zero-order chi connectivity index (χ0) is 37.3. The number of halogens is 1. The minimum atomic E-state index is -1.60. The molecular weight excluding hydrogens is 702 g/mol. The van der Waals surface area contributed by atoms with E-state index >= 15 is 4.79 Å². The van der Waals surface area contributed by atoms with E-state index < -0.39 is 63.6 Å². The Labute approximate surface area is 308 Å². The highest BCUT2D eigenvalue weighted by Crippen LogP contribution is 2.66. The molecular formula is C40H32ClN3O9. The van der Waals surface area contributed by atoms with Crippen molar-refractivity contribution >= 4 is 52.3 Å². The Morgan fingerprint density at radius 1 is 0.811 bits per heavy atom. The van der Waals surface area contributed by atoms with E-state index in [1.165, 1.54) is 50.6 Å². The van der Waals surface area contributed by atoms with Crippen molar-refractivity contribution in [1.29, 1.82) is 0 Å². The second kappa shape index (κ2) is 12.6. The number of methoxy groups -OCH3 is 2. The van der Waals surface area contributed by atoms with Crippen molar-refractivity contribution in [3.05, 3.63) is 129 Å². The van der Waals surface area contributed by atoms with Crippen LogP contribution < -0.4 is 19.3 Å². The lowest BCUT2D eigenvalue weighted by Gasteiger charge is -2.51. The number of hydrogen-bond donors (Lipinski definition) is 1. The highest BCUT2D eigenvalue weighted by Gasteiger charge is 2.71. The van der Waals surface area contributed by atoms with E-state index in [2.05, 4.69) is 0 Å². The SMILES string of the molecule is COc1cc(O)cc(OC)c1[C@H]1C2=CC[C@@H]3C(=O)N(c4ccc([N+](=O)[O-])cc4)C(=O)[C@@H]3[C@@H]2C[C@H]2C(=O)N(c3cccc(Cl)c3)C(=O)[C@@]12c1ccccc1. The molecule has 0 aromatic heterocycles. The number of allylic oxidation sites excluding steroid dienone is 2. The van der Waals surface area contributed by atoms with E-state index in [1.807, 2.05) is 12.1 Å². The first-order valence-electron chi connectivity index (χ1n) is 17.0. The number of nitrogens with zero attached hydrogens (tertiary/aromatic N) is 3. The minimum Gasteiger partial charge on any atom is -0.508 e. The number of anilines is 2. The molecule has 12 nitrogen and oxygen atoms in total. The Balaban J connectivity index is 1.37. The van der Waals surface area contributed by atoms with Gasteiger partial charge in [0.2, 0.25) is 23.6 Å². The fraction of sp³-hybridized carbons (Fsp3) is 0.250. The Kier molecular flexibility index (Phi) is 8.10. The molecule has 53 heavy (non-hydrogen) atoms. The summed E-state index contributed by atoms with van der Waals surface area (Å²) in [6.07, 6.45) is 2.10. The van der Waals surface area contributed by atoms with Gasteiger partial charge in [-0.1, -0.05) is 59.6 Å². The average Bonchev–Trinajstić information content (AvgIpc) is 3.55. The quantitative estimate of drug-likeness (QED) is 0.0991. The van der Waals surface area contributed by atoms with E-state index in [0.29, 0.717) is 21.7 Å². The molecule has 1 N–H and O–H groups in total. The predicted molar refractivity (Wildman–Crippen MR) is 193 cm³/mol. The van der Waals surface area contributed by atoms with Crippen LogP contribution in [-0.4, -0.2) is 47.9 Å². The molecule has 13 heteroatoms. The molecule has 4 aromatic carbocycles. The van der Waals surface area contributed by atoms with Crippen LogP contribution in [-0.2, 0) is 24.6 Å². The highest BCUT2D eigenvalue weighted by molar-refractivity contribution is 6.32. The number of nitro groups is 1. The van der Waals surface area contributed by atoms with Gasteiger partial charge < -0.3 is 14.6 Å². The minimum absolute atomic E-state index is 0.0515. The number of hydrogen-bond acceptors (Lipinski definition) is 9. The van der Waals surface area contributed by atoms with E-state index in [-0.39, 0.29) is 47.2 Å². The van der Waals surface area contributed by atoms with Crippen molar-refractivity contribution in [2.24, 2.45) is 23.7 Å². The number of imide groups is 2. The van der Waals surface area contributed by atoms with Crippen LogP contribution in [0.4, 0.5) is 17.1 Å². The summed E-state index contributed by atoms with van der Waals surface area (Å²) >= 11 is 6.40. The number of rotatable bonds is 7. The lowest BCUT2D eigenvalue weighted by atomic mass is 9.49. The van der Waals surface area contributed by atoms with Gasteiger partial charge in [-0.05, 0) is 54.7 Å². The summed E-state index contributed by atoms with van der Waals surface area (Å²) in [4.78, 5) is 72.1. The second-order valence-corrected chi connectivity index (χ2v) is 14.1. The van der Waals surface area contributed by atoms with Crippen LogP contribution in [0.25, 0.3) is 0 Å². The monoisotopic (exact) mass is 733 g/mol. The molecule has 0 bridgehead atoms. The number of fused-ring (bicyclic) bond motifs is 4. The van der Waals surface area contributed by atoms with Crippen molar-refractivity contribution in [3.8, 4) is 17.2 Å². The molecule has 8 rings (SSSR count). The Morgan fingerprint density at radius 3 is 2.11 bits per heavy atom. The summed E-state index contributed by atoms with van der Waals surface area (Å²) in [7, 11) is 2.86. The van der Waals surface area contributed by atoms with Crippen LogP contribution in [0.3, 0.4) is 0 Å². The third-order valence-corrected chi connectivity index (χ3v) is 11.5. The zero-order valence-electron chi connectivity index (χ0n) is 28.5. The van der Waals surface area contributed by atoms with Crippen molar-refractivity contribution in [3.63, 3.8) is 0 Å². The zero-order valence-corrected chi connectivity index (χ0v) is 29.2. The van der Waals surface area contributed by atoms with Gasteiger partial charge in [0.25, 0.3) is 5.69 Å². The van der Waals surface area contributed by atoms with Gasteiger partial charge in [0, 0.05) is 40.8 Å². The molecule has 4 aromatic rings. The first-order valence-corrected chi connectivity index (χ1v) is 17.4. The van der Waals surface area contributed by atoms with Gasteiger partial charge in [0.05, 0.1) is 53.7 Å². The van der Waals surface area contributed by atoms with Gasteiger partial charge in [-0.15, -0.1) is 0 Å². The lowest BCUT2D eigenvalue weighted by Crippen LogP contribution is -2.53. The smallest absolute Gasteiger partial charge is 0.269 e. The van der Waals surface area contributed by atoms with Crippen LogP contribution in [0.1, 0.15) is 29.9 Å². The Hall–Kier alpha value is -6.01. The first kappa shape index (κ1) is 34.1.